The molecule has 0 amide bonds. The minimum atomic E-state index is -4.53. The van der Waals surface area contributed by atoms with Crippen molar-refractivity contribution in [3.8, 4) is 0 Å². The molecular weight excluding hydrogens is 537 g/mol. The standard InChI is InChI=1S/C33H31F3N6/c1-21-26-15-24(32(2,30-19-39-20-42(30)4)25-11-13-29(40-18-25)33(34,35)36)10-12-28(26)41-31(23(16-37)17-38-3)27(21)14-22-8-6-5-7-9-22/h5-13,15-20H,14,37H2,1-4H3. The lowest BCUT2D eigenvalue weighted by molar-refractivity contribution is -0.141. The van der Waals surface area contributed by atoms with Crippen LogP contribution >= 0.6 is 0 Å². The third-order valence-corrected chi connectivity index (χ3v) is 7.85. The van der Waals surface area contributed by atoms with Crippen LogP contribution in [-0.4, -0.2) is 32.8 Å². The van der Waals surface area contributed by atoms with E-state index >= 15 is 0 Å². The average Bonchev–Trinajstić information content (AvgIpc) is 3.43. The van der Waals surface area contributed by atoms with Gasteiger partial charge in [-0.1, -0.05) is 42.5 Å². The number of aliphatic imine (C=N–C) groups is 1. The molecule has 0 fully saturated rings. The lowest BCUT2D eigenvalue weighted by Gasteiger charge is -2.32. The molecule has 0 radical (unpaired) electrons. The van der Waals surface area contributed by atoms with Crippen LogP contribution in [0.1, 0.15) is 51.8 Å². The van der Waals surface area contributed by atoms with Crippen molar-refractivity contribution in [1.29, 1.82) is 0 Å². The fraction of sp³-hybridized carbons (Fsp3) is 0.212. The molecule has 9 heteroatoms. The molecule has 0 spiro atoms. The molecule has 0 bridgehead atoms. The molecule has 3 aromatic heterocycles. The second-order valence-electron chi connectivity index (χ2n) is 10.4. The van der Waals surface area contributed by atoms with E-state index in [0.717, 1.165) is 50.6 Å². The summed E-state index contributed by atoms with van der Waals surface area (Å²) in [6.07, 6.45) is 4.04. The first kappa shape index (κ1) is 28.7. The highest BCUT2D eigenvalue weighted by Gasteiger charge is 2.37. The zero-order valence-electron chi connectivity index (χ0n) is 23.8. The Labute approximate surface area is 242 Å². The van der Waals surface area contributed by atoms with E-state index in [2.05, 4.69) is 40.1 Å². The monoisotopic (exact) mass is 568 g/mol. The van der Waals surface area contributed by atoms with Gasteiger partial charge in [-0.2, -0.15) is 13.2 Å². The van der Waals surface area contributed by atoms with E-state index in [1.54, 1.807) is 25.8 Å². The maximum atomic E-state index is 13.3. The Morgan fingerprint density at radius 1 is 1.02 bits per heavy atom. The number of aryl methyl sites for hydroxylation is 2. The van der Waals surface area contributed by atoms with Crippen LogP contribution < -0.4 is 5.73 Å². The Hall–Kier alpha value is -4.79. The maximum Gasteiger partial charge on any atom is 0.433 e. The third kappa shape index (κ3) is 5.18. The molecule has 6 nitrogen and oxygen atoms in total. The van der Waals surface area contributed by atoms with Gasteiger partial charge in [0, 0.05) is 49.9 Å². The van der Waals surface area contributed by atoms with Gasteiger partial charge in [0.2, 0.25) is 0 Å². The van der Waals surface area contributed by atoms with Crippen LogP contribution in [0.2, 0.25) is 0 Å². The van der Waals surface area contributed by atoms with Crippen molar-refractivity contribution in [2.45, 2.75) is 31.9 Å². The van der Waals surface area contributed by atoms with Crippen molar-refractivity contribution < 1.29 is 13.2 Å². The predicted molar refractivity (Wildman–Crippen MR) is 160 cm³/mol. The average molecular weight is 569 g/mol. The first-order chi connectivity index (χ1) is 20.1. The molecule has 0 saturated carbocycles. The number of imidazole rings is 1. The van der Waals surface area contributed by atoms with Crippen molar-refractivity contribution in [2.24, 2.45) is 17.8 Å². The number of halogens is 3. The quantitative estimate of drug-likeness (QED) is 0.223. The van der Waals surface area contributed by atoms with E-state index in [9.17, 15) is 13.2 Å². The number of nitrogens with two attached hydrogens (primary N) is 1. The van der Waals surface area contributed by atoms with Gasteiger partial charge in [-0.25, -0.2) is 9.97 Å². The number of rotatable bonds is 7. The van der Waals surface area contributed by atoms with E-state index in [1.165, 1.54) is 18.5 Å². The van der Waals surface area contributed by atoms with Gasteiger partial charge in [-0.3, -0.25) is 9.98 Å². The number of hydrogen-bond acceptors (Lipinski definition) is 5. The Morgan fingerprint density at radius 3 is 2.36 bits per heavy atom. The molecule has 0 aliphatic rings. The number of nitrogens with zero attached hydrogens (tertiary/aromatic N) is 5. The van der Waals surface area contributed by atoms with Gasteiger partial charge < -0.3 is 10.3 Å². The highest BCUT2D eigenvalue weighted by atomic mass is 19.4. The van der Waals surface area contributed by atoms with Gasteiger partial charge in [0.1, 0.15) is 5.69 Å². The van der Waals surface area contributed by atoms with Crippen molar-refractivity contribution in [3.05, 3.63) is 130 Å². The van der Waals surface area contributed by atoms with Crippen molar-refractivity contribution >= 4 is 22.7 Å². The molecule has 42 heavy (non-hydrogen) atoms. The van der Waals surface area contributed by atoms with Crippen LogP contribution in [0.5, 0.6) is 0 Å². The molecule has 2 N–H and O–H groups in total. The van der Waals surface area contributed by atoms with Gasteiger partial charge in [0.25, 0.3) is 0 Å². The molecule has 0 saturated heterocycles. The molecule has 0 aliphatic heterocycles. The maximum absolute atomic E-state index is 13.3. The van der Waals surface area contributed by atoms with Crippen LogP contribution in [0.25, 0.3) is 16.5 Å². The summed E-state index contributed by atoms with van der Waals surface area (Å²) < 4.78 is 41.9. The molecule has 5 rings (SSSR count). The van der Waals surface area contributed by atoms with Gasteiger partial charge in [0.05, 0.1) is 28.6 Å². The second kappa shape index (κ2) is 11.2. The third-order valence-electron chi connectivity index (χ3n) is 7.85. The molecule has 1 unspecified atom stereocenters. The first-order valence-electron chi connectivity index (χ1n) is 13.4. The van der Waals surface area contributed by atoms with E-state index in [4.69, 9.17) is 10.7 Å². The molecule has 5 aromatic rings. The summed E-state index contributed by atoms with van der Waals surface area (Å²) >= 11 is 0. The summed E-state index contributed by atoms with van der Waals surface area (Å²) in [6.45, 7) is 4.04. The molecule has 214 valence electrons. The van der Waals surface area contributed by atoms with Gasteiger partial charge in [0.15, 0.2) is 0 Å². The molecule has 0 aliphatic carbocycles. The highest BCUT2D eigenvalue weighted by molar-refractivity contribution is 6.10. The smallest absolute Gasteiger partial charge is 0.404 e. The number of fused-ring (bicyclic) bond motifs is 1. The lowest BCUT2D eigenvalue weighted by atomic mass is 9.73. The number of allylic oxidation sites excluding steroid dienone is 1. The van der Waals surface area contributed by atoms with E-state index in [1.807, 2.05) is 48.9 Å². The fourth-order valence-corrected chi connectivity index (χ4v) is 5.51. The van der Waals surface area contributed by atoms with E-state index < -0.39 is 17.3 Å². The summed E-state index contributed by atoms with van der Waals surface area (Å²) in [5.74, 6) is 0. The SMILES string of the molecule is CN=CC(=CN)c1nc2ccc(C(C)(c3ccc(C(F)(F)F)nc3)c3cncn3C)cc2c(C)c1Cc1ccccc1. The summed E-state index contributed by atoms with van der Waals surface area (Å²) in [4.78, 5) is 17.3. The van der Waals surface area contributed by atoms with Crippen molar-refractivity contribution in [2.75, 3.05) is 7.05 Å². The summed E-state index contributed by atoms with van der Waals surface area (Å²) in [5.41, 5.74) is 11.9. The van der Waals surface area contributed by atoms with Gasteiger partial charge >= 0.3 is 6.18 Å². The van der Waals surface area contributed by atoms with Crippen LogP contribution in [0.3, 0.4) is 0 Å². The largest absolute Gasteiger partial charge is 0.433 e. The summed E-state index contributed by atoms with van der Waals surface area (Å²) in [6, 6.07) is 18.6. The van der Waals surface area contributed by atoms with E-state index in [-0.39, 0.29) is 0 Å². The molecule has 2 aromatic carbocycles. The normalized spacial score (nSPS) is 14.0. The topological polar surface area (TPSA) is 82.0 Å². The van der Waals surface area contributed by atoms with Crippen molar-refractivity contribution in [1.82, 2.24) is 19.5 Å². The minimum absolute atomic E-state index is 0.609. The molecule has 1 atom stereocenters. The lowest BCUT2D eigenvalue weighted by Crippen LogP contribution is -2.28. The number of hydrogen-bond donors (Lipinski definition) is 1. The first-order valence-corrected chi connectivity index (χ1v) is 13.4. The second-order valence-corrected chi connectivity index (χ2v) is 10.4. The number of aromatic nitrogens is 4. The Balaban J connectivity index is 1.75. The number of pyridine rings is 2. The van der Waals surface area contributed by atoms with Crippen LogP contribution in [0.4, 0.5) is 13.2 Å². The Morgan fingerprint density at radius 2 is 1.76 bits per heavy atom. The molecule has 3 heterocycles. The van der Waals surface area contributed by atoms with Crippen LogP contribution in [-0.2, 0) is 25.1 Å². The summed E-state index contributed by atoms with van der Waals surface area (Å²) in [5, 5.41) is 0.931. The zero-order chi connectivity index (χ0) is 30.1. The fourth-order valence-electron chi connectivity index (χ4n) is 5.51. The van der Waals surface area contributed by atoms with Gasteiger partial charge in [-0.15, -0.1) is 0 Å². The van der Waals surface area contributed by atoms with Crippen LogP contribution in [0, 0.1) is 6.92 Å². The minimum Gasteiger partial charge on any atom is -0.404 e. The highest BCUT2D eigenvalue weighted by Crippen LogP contribution is 2.41. The van der Waals surface area contributed by atoms with E-state index in [0.29, 0.717) is 17.6 Å². The van der Waals surface area contributed by atoms with Crippen molar-refractivity contribution in [3.63, 3.8) is 0 Å². The Kier molecular flexibility index (Phi) is 7.69. The van der Waals surface area contributed by atoms with Gasteiger partial charge in [-0.05, 0) is 66.3 Å². The predicted octanol–water partition coefficient (Wildman–Crippen LogP) is 6.64. The molecular formula is C33H31F3N6. The summed E-state index contributed by atoms with van der Waals surface area (Å²) in [7, 11) is 3.56. The number of alkyl halides is 3. The Bertz CT molecular complexity index is 1790. The zero-order valence-corrected chi connectivity index (χ0v) is 23.8. The number of benzene rings is 2. The van der Waals surface area contributed by atoms with Crippen LogP contribution in [0.15, 0.2) is 90.6 Å².